The maximum absolute atomic E-state index is 13.2. The molecule has 1 fully saturated rings. The summed E-state index contributed by atoms with van der Waals surface area (Å²) in [7, 11) is 1.58. The fourth-order valence-electron chi connectivity index (χ4n) is 4.66. The molecule has 1 aliphatic rings. The number of nitrogens with zero attached hydrogens (tertiary/aromatic N) is 4. The van der Waals surface area contributed by atoms with E-state index in [9.17, 15) is 19.6 Å². The second kappa shape index (κ2) is 12.7. The lowest BCUT2D eigenvalue weighted by Crippen LogP contribution is -2.65. The number of methoxy groups -OCH3 is 1. The van der Waals surface area contributed by atoms with Crippen molar-refractivity contribution < 1.29 is 23.9 Å². The molecule has 2 aromatic carbocycles. The van der Waals surface area contributed by atoms with E-state index in [1.54, 1.807) is 58.3 Å². The predicted molar refractivity (Wildman–Crippen MR) is 156 cm³/mol. The molecule has 4 rings (SSSR count). The number of hydrogen-bond donors (Lipinski definition) is 1. The highest BCUT2D eigenvalue weighted by Crippen LogP contribution is 2.31. The Morgan fingerprint density at radius 3 is 2.40 bits per heavy atom. The van der Waals surface area contributed by atoms with Gasteiger partial charge in [-0.1, -0.05) is 42.5 Å². The van der Waals surface area contributed by atoms with Crippen molar-refractivity contribution in [1.82, 2.24) is 15.2 Å². The Hall–Kier alpha value is -4.91. The molecule has 3 aromatic rings. The summed E-state index contributed by atoms with van der Waals surface area (Å²) in [5.41, 5.74) is 1.68. The monoisotopic (exact) mass is 569 g/mol. The molecule has 10 heteroatoms. The van der Waals surface area contributed by atoms with Crippen LogP contribution in [0, 0.1) is 17.2 Å². The standard InChI is InChI=1S/C32H35N5O5/c1-21(24-9-7-6-8-10-24)35-30(39)37-27(19-33)26(29(37)38)17-23-15-16-34-28(18-23)36(31(40)42-32(2,3)4)20-22-11-13-25(41-5)14-12-22/h6-16,18,21,26-27H,17,20H2,1-5H3,(H,35,39)/t21-,26-,27-/m1/s1. The van der Waals surface area contributed by atoms with Gasteiger partial charge in [-0.2, -0.15) is 5.26 Å². The molecule has 1 N–H and O–H groups in total. The summed E-state index contributed by atoms with van der Waals surface area (Å²) in [6.45, 7) is 7.36. The van der Waals surface area contributed by atoms with E-state index in [1.165, 1.54) is 4.90 Å². The van der Waals surface area contributed by atoms with Gasteiger partial charge in [0.25, 0.3) is 0 Å². The van der Waals surface area contributed by atoms with E-state index in [4.69, 9.17) is 9.47 Å². The Balaban J connectivity index is 1.50. The summed E-state index contributed by atoms with van der Waals surface area (Å²) in [5.74, 6) is -0.110. The quantitative estimate of drug-likeness (QED) is 0.360. The largest absolute Gasteiger partial charge is 0.497 e. The number of ether oxygens (including phenoxy) is 2. The first-order valence-electron chi connectivity index (χ1n) is 13.7. The summed E-state index contributed by atoms with van der Waals surface area (Å²) in [5, 5.41) is 12.6. The van der Waals surface area contributed by atoms with Crippen LogP contribution in [0.1, 0.15) is 50.4 Å². The molecule has 3 atom stereocenters. The zero-order valence-electron chi connectivity index (χ0n) is 24.4. The summed E-state index contributed by atoms with van der Waals surface area (Å²) in [4.78, 5) is 46.0. The molecule has 42 heavy (non-hydrogen) atoms. The summed E-state index contributed by atoms with van der Waals surface area (Å²) >= 11 is 0. The van der Waals surface area contributed by atoms with Crippen molar-refractivity contribution in [3.8, 4) is 11.8 Å². The van der Waals surface area contributed by atoms with E-state index < -0.39 is 35.6 Å². The molecule has 2 heterocycles. The number of carbonyl (C=O) groups excluding carboxylic acids is 3. The molecule has 0 unspecified atom stereocenters. The number of nitriles is 1. The molecular formula is C32H35N5O5. The molecule has 10 nitrogen and oxygen atoms in total. The molecule has 0 radical (unpaired) electrons. The molecule has 0 saturated carbocycles. The van der Waals surface area contributed by atoms with Crippen LogP contribution in [0.4, 0.5) is 15.4 Å². The first-order chi connectivity index (χ1) is 20.0. The minimum absolute atomic E-state index is 0.187. The lowest BCUT2D eigenvalue weighted by atomic mass is 9.83. The van der Waals surface area contributed by atoms with E-state index in [0.717, 1.165) is 16.0 Å². The van der Waals surface area contributed by atoms with E-state index in [1.807, 2.05) is 49.4 Å². The summed E-state index contributed by atoms with van der Waals surface area (Å²) < 4.78 is 10.9. The number of aromatic nitrogens is 1. The average Bonchev–Trinajstić information content (AvgIpc) is 2.97. The van der Waals surface area contributed by atoms with Crippen molar-refractivity contribution in [2.45, 2.75) is 58.3 Å². The van der Waals surface area contributed by atoms with Crippen molar-refractivity contribution in [3.05, 3.63) is 89.6 Å². The molecule has 0 aliphatic carbocycles. The number of pyridine rings is 1. The van der Waals surface area contributed by atoms with E-state index >= 15 is 0 Å². The molecule has 0 bridgehead atoms. The van der Waals surface area contributed by atoms with Gasteiger partial charge in [0.2, 0.25) is 5.91 Å². The highest BCUT2D eigenvalue weighted by Gasteiger charge is 2.51. The minimum Gasteiger partial charge on any atom is -0.497 e. The topological polar surface area (TPSA) is 125 Å². The van der Waals surface area contributed by atoms with E-state index in [0.29, 0.717) is 17.1 Å². The minimum atomic E-state index is -0.918. The average molecular weight is 570 g/mol. The van der Waals surface area contributed by atoms with Crippen molar-refractivity contribution >= 4 is 23.8 Å². The second-order valence-electron chi connectivity index (χ2n) is 11.1. The molecule has 0 spiro atoms. The summed E-state index contributed by atoms with van der Waals surface area (Å²) in [6, 6.07) is 20.4. The SMILES string of the molecule is COc1ccc(CN(C(=O)OC(C)(C)C)c2cc(C[C@H]3C(=O)N(C(=O)N[C@H](C)c4ccccc4)[C@@H]3C#N)ccn2)cc1. The predicted octanol–water partition coefficient (Wildman–Crippen LogP) is 5.40. The second-order valence-corrected chi connectivity index (χ2v) is 11.1. The third-order valence-corrected chi connectivity index (χ3v) is 6.86. The number of hydrogen-bond acceptors (Lipinski definition) is 7. The Labute approximate surface area is 245 Å². The van der Waals surface area contributed by atoms with Crippen molar-refractivity contribution in [3.63, 3.8) is 0 Å². The number of nitrogens with one attached hydrogen (secondary N) is 1. The highest BCUT2D eigenvalue weighted by molar-refractivity contribution is 6.02. The highest BCUT2D eigenvalue weighted by atomic mass is 16.6. The van der Waals surface area contributed by atoms with Gasteiger partial charge in [-0.3, -0.25) is 9.69 Å². The van der Waals surface area contributed by atoms with Crippen LogP contribution < -0.4 is 15.0 Å². The molecule has 1 aromatic heterocycles. The number of urea groups is 1. The van der Waals surface area contributed by atoms with Crippen molar-refractivity contribution in [1.29, 1.82) is 5.26 Å². The molecular weight excluding hydrogens is 534 g/mol. The number of imide groups is 1. The van der Waals surface area contributed by atoms with Crippen LogP contribution in [-0.2, 0) is 22.5 Å². The normalized spacial score (nSPS) is 17.0. The first kappa shape index (κ1) is 30.1. The Morgan fingerprint density at radius 1 is 1.10 bits per heavy atom. The van der Waals surface area contributed by atoms with Gasteiger partial charge in [-0.05, 0) is 75.1 Å². The van der Waals surface area contributed by atoms with Crippen LogP contribution in [0.5, 0.6) is 5.75 Å². The van der Waals surface area contributed by atoms with E-state index in [2.05, 4.69) is 16.4 Å². The smallest absolute Gasteiger partial charge is 0.416 e. The molecule has 218 valence electrons. The molecule has 1 aliphatic heterocycles. The lowest BCUT2D eigenvalue weighted by Gasteiger charge is -2.42. The maximum atomic E-state index is 13.2. The first-order valence-corrected chi connectivity index (χ1v) is 13.7. The zero-order chi connectivity index (χ0) is 30.4. The lowest BCUT2D eigenvalue weighted by molar-refractivity contribution is -0.146. The third kappa shape index (κ3) is 7.04. The Kier molecular flexibility index (Phi) is 9.11. The zero-order valence-corrected chi connectivity index (χ0v) is 24.4. The maximum Gasteiger partial charge on any atom is 0.416 e. The number of anilines is 1. The van der Waals surface area contributed by atoms with Gasteiger partial charge >= 0.3 is 12.1 Å². The molecule has 1 saturated heterocycles. The van der Waals surface area contributed by atoms with Gasteiger partial charge in [0.1, 0.15) is 23.2 Å². The number of carbonyl (C=O) groups is 3. The van der Waals surface area contributed by atoms with Crippen molar-refractivity contribution in [2.75, 3.05) is 12.0 Å². The third-order valence-electron chi connectivity index (χ3n) is 6.86. The summed E-state index contributed by atoms with van der Waals surface area (Å²) in [6.07, 6.45) is 1.18. The van der Waals surface area contributed by atoms with E-state index in [-0.39, 0.29) is 19.0 Å². The van der Waals surface area contributed by atoms with Crippen LogP contribution in [-0.4, -0.2) is 46.7 Å². The Bertz CT molecular complexity index is 1460. The number of likely N-dealkylation sites (tertiary alicyclic amines) is 1. The van der Waals surface area contributed by atoms with Gasteiger partial charge in [-0.25, -0.2) is 19.5 Å². The van der Waals surface area contributed by atoms with Crippen LogP contribution >= 0.6 is 0 Å². The Morgan fingerprint density at radius 2 is 1.79 bits per heavy atom. The van der Waals surface area contributed by atoms with Gasteiger partial charge in [-0.15, -0.1) is 0 Å². The van der Waals surface area contributed by atoms with Gasteiger partial charge in [0.05, 0.1) is 31.7 Å². The number of β-lactam (4-membered cyclic amide) rings is 1. The van der Waals surface area contributed by atoms with Crippen LogP contribution in [0.2, 0.25) is 0 Å². The molecule has 4 amide bonds. The van der Waals surface area contributed by atoms with Gasteiger partial charge in [0.15, 0.2) is 0 Å². The van der Waals surface area contributed by atoms with Crippen molar-refractivity contribution in [2.24, 2.45) is 5.92 Å². The fourth-order valence-corrected chi connectivity index (χ4v) is 4.66. The van der Waals surface area contributed by atoms with Gasteiger partial charge < -0.3 is 14.8 Å². The van der Waals surface area contributed by atoms with Crippen LogP contribution in [0.3, 0.4) is 0 Å². The number of benzene rings is 2. The van der Waals surface area contributed by atoms with Gasteiger partial charge in [0, 0.05) is 6.20 Å². The van der Waals surface area contributed by atoms with Crippen LogP contribution in [0.15, 0.2) is 72.9 Å². The number of rotatable bonds is 8. The number of amides is 4. The fraction of sp³-hybridized carbons (Fsp3) is 0.344. The van der Waals surface area contributed by atoms with Crippen LogP contribution in [0.25, 0.3) is 0 Å².